The van der Waals surface area contributed by atoms with E-state index in [0.29, 0.717) is 38.8 Å². The summed E-state index contributed by atoms with van der Waals surface area (Å²) >= 11 is 0. The van der Waals surface area contributed by atoms with Crippen molar-refractivity contribution in [1.82, 2.24) is 14.9 Å². The van der Waals surface area contributed by atoms with Crippen LogP contribution in [0.1, 0.15) is 79.4 Å². The molecule has 0 aromatic heterocycles. The van der Waals surface area contributed by atoms with Crippen LogP contribution in [0.25, 0.3) is 6.08 Å². The van der Waals surface area contributed by atoms with Crippen LogP contribution in [0, 0.1) is 19.7 Å². The van der Waals surface area contributed by atoms with Crippen LogP contribution < -0.4 is 21.1 Å². The standard InChI is InChI=1S/C31H38F4N4O3S/c1-5-43(15-10-24-20(3)16-23(17-21(24)4)19(2)6-9-27(36)40)39-13-11-30(12-14-39)29(41)37-28(38-30)22-7-8-25(32)26(18-22)42-31(33,34)35/h5,7-8,10,15-19,28,38H,6,9,11-14H2,1-4H3,(H2,36,40)(H,37,41)/b15-10+. The van der Waals surface area contributed by atoms with Crippen molar-refractivity contribution in [3.63, 3.8) is 0 Å². The van der Waals surface area contributed by atoms with Gasteiger partial charge in [0.05, 0.1) is 0 Å². The van der Waals surface area contributed by atoms with E-state index >= 15 is 0 Å². The molecule has 2 aromatic carbocycles. The summed E-state index contributed by atoms with van der Waals surface area (Å²) in [5.41, 5.74) is 9.35. The second-order valence-corrected chi connectivity index (χ2v) is 13.1. The Kier molecular flexibility index (Phi) is 10.0. The van der Waals surface area contributed by atoms with Crippen molar-refractivity contribution in [2.24, 2.45) is 5.73 Å². The summed E-state index contributed by atoms with van der Waals surface area (Å²) in [5.74, 6) is -2.38. The number of halogens is 4. The van der Waals surface area contributed by atoms with Gasteiger partial charge in [-0.15, -0.1) is 13.2 Å². The molecule has 234 valence electrons. The largest absolute Gasteiger partial charge is 0.573 e. The number of ether oxygens (including phenoxy) is 1. The van der Waals surface area contributed by atoms with Gasteiger partial charge < -0.3 is 15.8 Å². The van der Waals surface area contributed by atoms with Gasteiger partial charge in [-0.25, -0.2) is 4.39 Å². The molecule has 4 N–H and O–H groups in total. The molecular weight excluding hydrogens is 584 g/mol. The molecule has 3 unspecified atom stereocenters. The lowest BCUT2D eigenvalue weighted by molar-refractivity contribution is -0.275. The van der Waals surface area contributed by atoms with E-state index in [1.165, 1.54) is 11.6 Å². The van der Waals surface area contributed by atoms with Crippen LogP contribution in [0.5, 0.6) is 5.75 Å². The molecule has 2 aliphatic heterocycles. The van der Waals surface area contributed by atoms with Crippen LogP contribution in [0.3, 0.4) is 0 Å². The molecule has 2 heterocycles. The van der Waals surface area contributed by atoms with Crippen LogP contribution in [-0.2, 0) is 9.59 Å². The van der Waals surface area contributed by atoms with Gasteiger partial charge in [-0.3, -0.25) is 19.2 Å². The summed E-state index contributed by atoms with van der Waals surface area (Å²) in [6, 6.07) is 7.51. The number of amides is 2. The number of aryl methyl sites for hydroxylation is 2. The Balaban J connectivity index is 1.41. The van der Waals surface area contributed by atoms with E-state index < -0.39 is 29.6 Å². The topological polar surface area (TPSA) is 96.7 Å². The van der Waals surface area contributed by atoms with Gasteiger partial charge in [0.1, 0.15) is 11.7 Å². The molecule has 0 saturated carbocycles. The van der Waals surface area contributed by atoms with E-state index in [0.717, 1.165) is 28.8 Å². The molecule has 1 spiro atoms. The van der Waals surface area contributed by atoms with Gasteiger partial charge >= 0.3 is 6.36 Å². The maximum absolute atomic E-state index is 13.9. The molecule has 4 rings (SSSR count). The fourth-order valence-electron chi connectivity index (χ4n) is 5.70. The van der Waals surface area contributed by atoms with E-state index in [1.54, 1.807) is 0 Å². The number of piperidine rings is 1. The number of nitrogens with zero attached hydrogens (tertiary/aromatic N) is 1. The Labute approximate surface area is 251 Å². The molecule has 0 bridgehead atoms. The summed E-state index contributed by atoms with van der Waals surface area (Å²) in [5, 5.41) is 10.4. The Morgan fingerprint density at radius 2 is 1.86 bits per heavy atom. The van der Waals surface area contributed by atoms with Crippen molar-refractivity contribution in [2.75, 3.05) is 13.1 Å². The molecule has 43 heavy (non-hydrogen) atoms. The molecule has 0 aliphatic carbocycles. The van der Waals surface area contributed by atoms with Crippen molar-refractivity contribution in [2.45, 2.75) is 77.4 Å². The molecular formula is C31H38F4N4O3S. The number of benzene rings is 2. The van der Waals surface area contributed by atoms with Gasteiger partial charge in [-0.05, 0) is 103 Å². The molecule has 2 aliphatic rings. The first-order valence-electron chi connectivity index (χ1n) is 14.2. The minimum absolute atomic E-state index is 0.224. The first-order chi connectivity index (χ1) is 20.2. The molecule has 2 aromatic rings. The molecule has 12 heteroatoms. The summed E-state index contributed by atoms with van der Waals surface area (Å²) in [6.45, 7) is 9.52. The van der Waals surface area contributed by atoms with Gasteiger partial charge in [0.2, 0.25) is 11.8 Å². The lowest BCUT2D eigenvalue weighted by Gasteiger charge is -2.38. The Bertz CT molecular complexity index is 1410. The van der Waals surface area contributed by atoms with E-state index in [2.05, 4.69) is 69.4 Å². The van der Waals surface area contributed by atoms with E-state index in [9.17, 15) is 27.2 Å². The van der Waals surface area contributed by atoms with Crippen molar-refractivity contribution < 1.29 is 31.9 Å². The highest BCUT2D eigenvalue weighted by molar-refractivity contribution is 8.15. The number of nitrogens with two attached hydrogens (primary N) is 1. The zero-order chi connectivity index (χ0) is 31.5. The van der Waals surface area contributed by atoms with Gasteiger partial charge in [-0.1, -0.05) is 35.8 Å². The average molecular weight is 623 g/mol. The highest BCUT2D eigenvalue weighted by atomic mass is 32.2. The maximum atomic E-state index is 13.9. The second kappa shape index (κ2) is 13.2. The van der Waals surface area contributed by atoms with Crippen molar-refractivity contribution >= 4 is 33.9 Å². The maximum Gasteiger partial charge on any atom is 0.573 e. The minimum atomic E-state index is -5.03. The van der Waals surface area contributed by atoms with Crippen LogP contribution in [0.15, 0.2) is 35.7 Å². The number of carbonyl (C=O) groups is 2. The summed E-state index contributed by atoms with van der Waals surface area (Å²) in [6.07, 6.45) is -1.59. The molecule has 3 atom stereocenters. The highest BCUT2D eigenvalue weighted by Crippen LogP contribution is 2.37. The number of carbonyl (C=O) groups excluding carboxylic acids is 2. The predicted octanol–water partition coefficient (Wildman–Crippen LogP) is 5.94. The fraction of sp³-hybridized carbons (Fsp3) is 0.452. The van der Waals surface area contributed by atoms with Crippen LogP contribution in [0.2, 0.25) is 0 Å². The average Bonchev–Trinajstić information content (AvgIpc) is 3.25. The zero-order valence-electron chi connectivity index (χ0n) is 24.7. The molecule has 2 amide bonds. The third kappa shape index (κ3) is 7.84. The van der Waals surface area contributed by atoms with Crippen molar-refractivity contribution in [3.8, 4) is 5.75 Å². The predicted molar refractivity (Wildman–Crippen MR) is 162 cm³/mol. The summed E-state index contributed by atoms with van der Waals surface area (Å²) < 4.78 is 58.1. The third-order valence-electron chi connectivity index (χ3n) is 8.14. The SMILES string of the molecule is C/C=S(/C=C/c1c(C)cc(C(C)CCC(N)=O)cc1C)N1CCC2(CC1)NC(c1ccc(F)c(OC(F)(F)F)c1)NC2=O. The quantitative estimate of drug-likeness (QED) is 0.238. The van der Waals surface area contributed by atoms with Gasteiger partial charge in [0.15, 0.2) is 11.6 Å². The normalized spacial score (nSPS) is 20.5. The Morgan fingerprint density at radius 1 is 1.21 bits per heavy atom. The lowest BCUT2D eigenvalue weighted by atomic mass is 9.88. The molecule has 7 nitrogen and oxygen atoms in total. The Hall–Kier alpha value is -3.22. The molecule has 2 saturated heterocycles. The number of primary amides is 1. The van der Waals surface area contributed by atoms with E-state index in [-0.39, 0.29) is 34.0 Å². The molecule has 0 radical (unpaired) electrons. The first-order valence-corrected chi connectivity index (χ1v) is 15.5. The molecule has 2 fully saturated rings. The second-order valence-electron chi connectivity index (χ2n) is 11.2. The van der Waals surface area contributed by atoms with E-state index in [4.69, 9.17) is 5.73 Å². The van der Waals surface area contributed by atoms with E-state index in [1.807, 2.05) is 6.92 Å². The van der Waals surface area contributed by atoms with Crippen molar-refractivity contribution in [3.05, 3.63) is 69.4 Å². The first kappa shape index (κ1) is 32.7. The number of alkyl halides is 3. The van der Waals surface area contributed by atoms with Crippen LogP contribution >= 0.6 is 10.7 Å². The summed E-state index contributed by atoms with van der Waals surface area (Å²) in [4.78, 5) is 24.3. The smallest absolute Gasteiger partial charge is 0.403 e. The monoisotopic (exact) mass is 622 g/mol. The van der Waals surface area contributed by atoms with Gasteiger partial charge in [-0.2, -0.15) is 0 Å². The highest BCUT2D eigenvalue weighted by Gasteiger charge is 2.48. The third-order valence-corrected chi connectivity index (χ3v) is 10.0. The fourth-order valence-corrected chi connectivity index (χ4v) is 7.21. The van der Waals surface area contributed by atoms with Gasteiger partial charge in [0, 0.05) is 19.5 Å². The van der Waals surface area contributed by atoms with Crippen molar-refractivity contribution in [1.29, 1.82) is 0 Å². The van der Waals surface area contributed by atoms with Crippen LogP contribution in [-0.4, -0.2) is 46.5 Å². The summed E-state index contributed by atoms with van der Waals surface area (Å²) in [7, 11) is -0.294. The Morgan fingerprint density at radius 3 is 2.44 bits per heavy atom. The van der Waals surface area contributed by atoms with Gasteiger partial charge in [0.25, 0.3) is 0 Å². The number of rotatable bonds is 9. The minimum Gasteiger partial charge on any atom is -0.403 e. The van der Waals surface area contributed by atoms with Crippen LogP contribution in [0.4, 0.5) is 17.6 Å². The number of hydrogen-bond donors (Lipinski definition) is 3. The number of hydrogen-bond acceptors (Lipinski definition) is 5. The number of nitrogens with one attached hydrogen (secondary N) is 2. The zero-order valence-corrected chi connectivity index (χ0v) is 25.5. The lowest BCUT2D eigenvalue weighted by Crippen LogP contribution is -2.53.